The molecule has 0 saturated carbocycles. The molecule has 0 fully saturated rings. The number of hydrogen-bond donors (Lipinski definition) is 2. The molecule has 0 spiro atoms. The number of aromatic nitrogens is 3. The minimum atomic E-state index is -0.157. The van der Waals surface area contributed by atoms with E-state index in [0.717, 1.165) is 5.56 Å². The molecule has 5 nitrogen and oxygen atoms in total. The van der Waals surface area contributed by atoms with E-state index in [4.69, 9.17) is 17.3 Å². The molecule has 2 heterocycles. The summed E-state index contributed by atoms with van der Waals surface area (Å²) in [4.78, 5) is 13.2. The van der Waals surface area contributed by atoms with E-state index >= 15 is 0 Å². The highest BCUT2D eigenvalue weighted by atomic mass is 35.5. The molecule has 0 amide bonds. The summed E-state index contributed by atoms with van der Waals surface area (Å²) < 4.78 is 0. The maximum absolute atomic E-state index is 6.33. The van der Waals surface area contributed by atoms with Gasteiger partial charge in [-0.1, -0.05) is 48.0 Å². The summed E-state index contributed by atoms with van der Waals surface area (Å²) in [5.41, 5.74) is 8.67. The van der Waals surface area contributed by atoms with E-state index in [1.807, 2.05) is 55.5 Å². The minimum absolute atomic E-state index is 0.157. The first-order valence-corrected chi connectivity index (χ1v) is 8.03. The van der Waals surface area contributed by atoms with E-state index in [-0.39, 0.29) is 6.04 Å². The average molecular weight is 340 g/mol. The van der Waals surface area contributed by atoms with Gasteiger partial charge in [-0.25, -0.2) is 9.97 Å². The number of aryl methyl sites for hydroxylation is 1. The zero-order chi connectivity index (χ0) is 16.9. The lowest BCUT2D eigenvalue weighted by atomic mass is 10.1. The van der Waals surface area contributed by atoms with Crippen molar-refractivity contribution in [1.82, 2.24) is 15.0 Å². The molecule has 0 bridgehead atoms. The summed E-state index contributed by atoms with van der Waals surface area (Å²) in [6, 6.07) is 15.4. The Labute approximate surface area is 145 Å². The van der Waals surface area contributed by atoms with Crippen molar-refractivity contribution in [2.24, 2.45) is 5.73 Å². The molecule has 1 aromatic carbocycles. The van der Waals surface area contributed by atoms with E-state index in [2.05, 4.69) is 20.3 Å². The number of nitrogens with two attached hydrogens (primary N) is 1. The molecule has 3 N–H and O–H groups in total. The van der Waals surface area contributed by atoms with Crippen molar-refractivity contribution < 1.29 is 0 Å². The molecule has 1 atom stereocenters. The van der Waals surface area contributed by atoms with Crippen LogP contribution in [0.4, 0.5) is 5.82 Å². The van der Waals surface area contributed by atoms with E-state index in [1.54, 1.807) is 6.20 Å². The molecule has 2 aromatic heterocycles. The Kier molecular flexibility index (Phi) is 5.03. The molecule has 3 aromatic rings. The summed E-state index contributed by atoms with van der Waals surface area (Å²) in [5.74, 6) is 1.10. The molecule has 122 valence electrons. The lowest BCUT2D eigenvalue weighted by Crippen LogP contribution is -2.21. The van der Waals surface area contributed by atoms with E-state index in [0.29, 0.717) is 34.6 Å². The molecule has 1 unspecified atom stereocenters. The van der Waals surface area contributed by atoms with Crippen LogP contribution in [0.25, 0.3) is 11.5 Å². The third-order valence-corrected chi connectivity index (χ3v) is 4.08. The molecule has 24 heavy (non-hydrogen) atoms. The fourth-order valence-electron chi connectivity index (χ4n) is 2.31. The molecule has 0 aliphatic carbocycles. The van der Waals surface area contributed by atoms with Crippen molar-refractivity contribution in [3.05, 3.63) is 71.0 Å². The number of anilines is 1. The molecule has 0 saturated heterocycles. The summed E-state index contributed by atoms with van der Waals surface area (Å²) in [6.45, 7) is 2.36. The highest BCUT2D eigenvalue weighted by molar-refractivity contribution is 6.33. The van der Waals surface area contributed by atoms with Gasteiger partial charge in [0.25, 0.3) is 0 Å². The van der Waals surface area contributed by atoms with Gasteiger partial charge < -0.3 is 11.1 Å². The second kappa shape index (κ2) is 7.38. The Hall–Kier alpha value is -2.50. The van der Waals surface area contributed by atoms with Gasteiger partial charge in [0.15, 0.2) is 5.82 Å². The molecule has 0 aliphatic rings. The predicted octanol–water partition coefficient (Wildman–Crippen LogP) is 3.61. The zero-order valence-corrected chi connectivity index (χ0v) is 14.0. The van der Waals surface area contributed by atoms with Crippen LogP contribution < -0.4 is 11.1 Å². The van der Waals surface area contributed by atoms with Crippen LogP contribution in [-0.2, 0) is 0 Å². The topological polar surface area (TPSA) is 76.7 Å². The Morgan fingerprint density at radius 3 is 2.54 bits per heavy atom. The molecule has 3 rings (SSSR count). The van der Waals surface area contributed by atoms with Crippen LogP contribution in [0.1, 0.15) is 17.3 Å². The lowest BCUT2D eigenvalue weighted by Gasteiger charge is -2.15. The number of halogens is 1. The Bertz CT molecular complexity index is 808. The Balaban J connectivity index is 1.81. The van der Waals surface area contributed by atoms with E-state index in [1.165, 1.54) is 0 Å². The number of nitrogens with one attached hydrogen (secondary N) is 1. The maximum atomic E-state index is 6.33. The molecular weight excluding hydrogens is 322 g/mol. The van der Waals surface area contributed by atoms with Crippen LogP contribution in [0.5, 0.6) is 0 Å². The molecule has 6 heteroatoms. The van der Waals surface area contributed by atoms with Crippen molar-refractivity contribution in [2.75, 3.05) is 11.9 Å². The largest absolute Gasteiger partial charge is 0.367 e. The van der Waals surface area contributed by atoms with Crippen molar-refractivity contribution in [3.63, 3.8) is 0 Å². The first kappa shape index (κ1) is 16.4. The lowest BCUT2D eigenvalue weighted by molar-refractivity contribution is 0.761. The second-order valence-corrected chi connectivity index (χ2v) is 5.79. The summed E-state index contributed by atoms with van der Waals surface area (Å²) in [5, 5.41) is 3.72. The van der Waals surface area contributed by atoms with Crippen molar-refractivity contribution in [1.29, 1.82) is 0 Å². The van der Waals surface area contributed by atoms with Crippen LogP contribution in [0, 0.1) is 6.92 Å². The summed E-state index contributed by atoms with van der Waals surface area (Å²) in [7, 11) is 0. The van der Waals surface area contributed by atoms with Gasteiger partial charge in [-0.15, -0.1) is 0 Å². The Morgan fingerprint density at radius 2 is 1.83 bits per heavy atom. The summed E-state index contributed by atoms with van der Waals surface area (Å²) in [6.07, 6.45) is 1.71. The second-order valence-electron chi connectivity index (χ2n) is 5.41. The Morgan fingerprint density at radius 1 is 1.08 bits per heavy atom. The van der Waals surface area contributed by atoms with E-state index in [9.17, 15) is 0 Å². The van der Waals surface area contributed by atoms with Gasteiger partial charge in [0.2, 0.25) is 0 Å². The minimum Gasteiger partial charge on any atom is -0.367 e. The van der Waals surface area contributed by atoms with Gasteiger partial charge in [0, 0.05) is 18.8 Å². The van der Waals surface area contributed by atoms with Gasteiger partial charge in [-0.05, 0) is 24.6 Å². The highest BCUT2D eigenvalue weighted by Crippen LogP contribution is 2.26. The van der Waals surface area contributed by atoms with Crippen LogP contribution in [0.2, 0.25) is 5.02 Å². The first-order chi connectivity index (χ1) is 11.6. The maximum Gasteiger partial charge on any atom is 0.180 e. The number of rotatable bonds is 5. The fraction of sp³-hybridized carbons (Fsp3) is 0.167. The number of pyridine rings is 1. The van der Waals surface area contributed by atoms with Crippen molar-refractivity contribution >= 4 is 17.4 Å². The molecule has 0 aliphatic heterocycles. The third-order valence-electron chi connectivity index (χ3n) is 3.63. The van der Waals surface area contributed by atoms with Crippen molar-refractivity contribution in [3.8, 4) is 11.5 Å². The van der Waals surface area contributed by atoms with Gasteiger partial charge in [0.05, 0.1) is 5.69 Å². The average Bonchev–Trinajstić information content (AvgIpc) is 2.64. The molecule has 0 radical (unpaired) electrons. The fourth-order valence-corrected chi connectivity index (χ4v) is 2.46. The van der Waals surface area contributed by atoms with Gasteiger partial charge in [-0.2, -0.15) is 0 Å². The number of nitrogens with zero attached hydrogens (tertiary/aromatic N) is 3. The van der Waals surface area contributed by atoms with Crippen LogP contribution in [0.3, 0.4) is 0 Å². The highest BCUT2D eigenvalue weighted by Gasteiger charge is 2.13. The predicted molar refractivity (Wildman–Crippen MR) is 96.9 cm³/mol. The SMILES string of the molecule is Cc1nc(-c2ccccn2)nc(NCC(N)c2ccccc2)c1Cl. The quantitative estimate of drug-likeness (QED) is 0.742. The third kappa shape index (κ3) is 3.69. The standard InChI is InChI=1S/C18H18ClN5/c1-12-16(19)18(22-11-14(20)13-7-3-2-4-8-13)24-17(23-12)15-9-5-6-10-21-15/h2-10,14H,11,20H2,1H3,(H,22,23,24). The van der Waals surface area contributed by atoms with Crippen LogP contribution in [-0.4, -0.2) is 21.5 Å². The number of benzene rings is 1. The first-order valence-electron chi connectivity index (χ1n) is 7.65. The van der Waals surface area contributed by atoms with Gasteiger partial charge in [-0.3, -0.25) is 4.98 Å². The van der Waals surface area contributed by atoms with Crippen LogP contribution >= 0.6 is 11.6 Å². The zero-order valence-electron chi connectivity index (χ0n) is 13.3. The normalized spacial score (nSPS) is 12.0. The van der Waals surface area contributed by atoms with Gasteiger partial charge >= 0.3 is 0 Å². The number of hydrogen-bond acceptors (Lipinski definition) is 5. The monoisotopic (exact) mass is 339 g/mol. The molecular formula is C18H18ClN5. The smallest absolute Gasteiger partial charge is 0.180 e. The van der Waals surface area contributed by atoms with E-state index < -0.39 is 0 Å². The van der Waals surface area contributed by atoms with Crippen molar-refractivity contribution in [2.45, 2.75) is 13.0 Å². The van der Waals surface area contributed by atoms with Crippen LogP contribution in [0.15, 0.2) is 54.7 Å². The summed E-state index contributed by atoms with van der Waals surface area (Å²) >= 11 is 6.33. The van der Waals surface area contributed by atoms with Gasteiger partial charge in [0.1, 0.15) is 16.5 Å².